The Balaban J connectivity index is 2.06. The minimum atomic E-state index is -4.43. The van der Waals surface area contributed by atoms with Crippen molar-refractivity contribution in [3.63, 3.8) is 0 Å². The summed E-state index contributed by atoms with van der Waals surface area (Å²) in [5, 5.41) is 11.2. The average Bonchev–Trinajstić information content (AvgIpc) is 2.76. The first kappa shape index (κ1) is 20.6. The predicted molar refractivity (Wildman–Crippen MR) is 89.1 cm³/mol. The molecule has 1 aromatic carbocycles. The van der Waals surface area contributed by atoms with Gasteiger partial charge in [-0.15, -0.1) is 0 Å². The molecule has 1 saturated heterocycles. The summed E-state index contributed by atoms with van der Waals surface area (Å²) in [6, 6.07) is 4.09. The smallest absolute Gasteiger partial charge is 0.416 e. The van der Waals surface area contributed by atoms with Crippen LogP contribution < -0.4 is 10.8 Å². The summed E-state index contributed by atoms with van der Waals surface area (Å²) < 4.78 is 38.2. The molecule has 1 aromatic rings. The molecule has 1 fully saturated rings. The van der Waals surface area contributed by atoms with Crippen molar-refractivity contribution in [3.8, 4) is 11.8 Å². The van der Waals surface area contributed by atoms with Crippen LogP contribution in [-0.4, -0.2) is 54.0 Å². The predicted octanol–water partition coefficient (Wildman–Crippen LogP) is 0.652. The van der Waals surface area contributed by atoms with Crippen LogP contribution in [0.1, 0.15) is 24.0 Å². The highest BCUT2D eigenvalue weighted by molar-refractivity contribution is 5.75. The molecule has 146 valence electrons. The van der Waals surface area contributed by atoms with Crippen molar-refractivity contribution >= 4 is 12.0 Å². The van der Waals surface area contributed by atoms with Gasteiger partial charge in [0.05, 0.1) is 18.2 Å². The minimum absolute atomic E-state index is 0.133. The topological polar surface area (TPSA) is 89.7 Å². The number of rotatable bonds is 3. The molecule has 0 bridgehead atoms. The Morgan fingerprint density at radius 3 is 2.67 bits per heavy atom. The number of carbonyl (C=O) groups is 2. The molecule has 9 heteroatoms. The second kappa shape index (κ2) is 8.77. The fraction of sp³-hybridized carbons (Fsp3) is 0.444. The molecule has 1 unspecified atom stereocenters. The zero-order chi connectivity index (χ0) is 20.0. The molecule has 2 rings (SSSR count). The number of carboxylic acid groups (broad SMARTS) is 1. The van der Waals surface area contributed by atoms with Crippen molar-refractivity contribution in [2.45, 2.75) is 25.1 Å². The van der Waals surface area contributed by atoms with E-state index in [0.29, 0.717) is 13.0 Å². The number of hydrogen-bond donors (Lipinski definition) is 1. The molecule has 0 radical (unpaired) electrons. The maximum absolute atomic E-state index is 12.7. The van der Waals surface area contributed by atoms with Crippen molar-refractivity contribution in [1.82, 2.24) is 9.80 Å². The van der Waals surface area contributed by atoms with E-state index in [-0.39, 0.29) is 31.6 Å². The van der Waals surface area contributed by atoms with E-state index in [4.69, 9.17) is 5.73 Å². The van der Waals surface area contributed by atoms with Gasteiger partial charge in [0, 0.05) is 31.6 Å². The van der Waals surface area contributed by atoms with Gasteiger partial charge in [-0.3, -0.25) is 9.69 Å². The molecule has 27 heavy (non-hydrogen) atoms. The standard InChI is InChI=1S/C18H20F3N3O3/c19-18(20,21)14-6-1-4-13(10-14)5-2-7-23-8-3-9-24(17(26)27)15(12-23)11-16(22)25/h1,4,6,10,15H,3,7-9,11-12H2,(H2,22,25)(H,26,27)/p-1. The van der Waals surface area contributed by atoms with Gasteiger partial charge in [-0.1, -0.05) is 17.9 Å². The molecule has 1 aliphatic heterocycles. The van der Waals surface area contributed by atoms with Gasteiger partial charge in [-0.05, 0) is 24.6 Å². The Bertz CT molecular complexity index is 755. The summed E-state index contributed by atoms with van der Waals surface area (Å²) >= 11 is 0. The van der Waals surface area contributed by atoms with Gasteiger partial charge in [0.2, 0.25) is 5.91 Å². The van der Waals surface area contributed by atoms with Crippen LogP contribution in [0.3, 0.4) is 0 Å². The molecule has 0 aromatic heterocycles. The van der Waals surface area contributed by atoms with Gasteiger partial charge < -0.3 is 20.5 Å². The quantitative estimate of drug-likeness (QED) is 0.778. The van der Waals surface area contributed by atoms with Crippen LogP contribution in [0.15, 0.2) is 24.3 Å². The summed E-state index contributed by atoms with van der Waals surface area (Å²) in [5.74, 6) is 4.87. The number of primary amides is 1. The van der Waals surface area contributed by atoms with E-state index in [1.54, 1.807) is 0 Å². The second-order valence-electron chi connectivity index (χ2n) is 6.25. The van der Waals surface area contributed by atoms with Crippen LogP contribution in [0, 0.1) is 11.8 Å². The maximum Gasteiger partial charge on any atom is 0.416 e. The second-order valence-corrected chi connectivity index (χ2v) is 6.25. The Hall–Kier alpha value is -2.73. The molecule has 0 aliphatic carbocycles. The fourth-order valence-corrected chi connectivity index (χ4v) is 2.95. The molecular weight excluding hydrogens is 363 g/mol. The summed E-state index contributed by atoms with van der Waals surface area (Å²) in [7, 11) is 0. The van der Waals surface area contributed by atoms with Gasteiger partial charge in [-0.2, -0.15) is 13.2 Å². The first-order valence-electron chi connectivity index (χ1n) is 8.31. The number of halogens is 3. The van der Waals surface area contributed by atoms with Crippen molar-refractivity contribution in [1.29, 1.82) is 0 Å². The summed E-state index contributed by atoms with van der Waals surface area (Å²) in [5.41, 5.74) is 4.66. The number of carbonyl (C=O) groups excluding carboxylic acids is 2. The Morgan fingerprint density at radius 2 is 2.04 bits per heavy atom. The number of hydrogen-bond acceptors (Lipinski definition) is 4. The minimum Gasteiger partial charge on any atom is -0.530 e. The van der Waals surface area contributed by atoms with Crippen LogP contribution >= 0.6 is 0 Å². The highest BCUT2D eigenvalue weighted by Gasteiger charge is 2.30. The van der Waals surface area contributed by atoms with E-state index in [2.05, 4.69) is 11.8 Å². The van der Waals surface area contributed by atoms with Gasteiger partial charge in [0.15, 0.2) is 0 Å². The highest BCUT2D eigenvalue weighted by atomic mass is 19.4. The van der Waals surface area contributed by atoms with E-state index in [0.717, 1.165) is 17.0 Å². The Morgan fingerprint density at radius 1 is 1.30 bits per heavy atom. The molecule has 2 amide bonds. The maximum atomic E-state index is 12.7. The normalized spacial score (nSPS) is 18.3. The van der Waals surface area contributed by atoms with Crippen molar-refractivity contribution in [3.05, 3.63) is 35.4 Å². The van der Waals surface area contributed by atoms with Crippen LogP contribution in [0.25, 0.3) is 0 Å². The van der Waals surface area contributed by atoms with Crippen LogP contribution in [0.4, 0.5) is 18.0 Å². The molecular formula is C18H19F3N3O3-. The van der Waals surface area contributed by atoms with Gasteiger partial charge in [0.25, 0.3) is 0 Å². The number of alkyl halides is 3. The number of benzene rings is 1. The van der Waals surface area contributed by atoms with Gasteiger partial charge in [0.1, 0.15) is 6.09 Å². The third-order valence-electron chi connectivity index (χ3n) is 4.18. The summed E-state index contributed by atoms with van der Waals surface area (Å²) in [4.78, 5) is 25.4. The van der Waals surface area contributed by atoms with E-state index >= 15 is 0 Å². The van der Waals surface area contributed by atoms with Crippen LogP contribution in [0.2, 0.25) is 0 Å². The summed E-state index contributed by atoms with van der Waals surface area (Å²) in [6.45, 7) is 1.23. The average molecular weight is 382 g/mol. The van der Waals surface area contributed by atoms with E-state index in [1.807, 2.05) is 4.90 Å². The lowest BCUT2D eigenvalue weighted by Gasteiger charge is -2.32. The third kappa shape index (κ3) is 6.18. The summed E-state index contributed by atoms with van der Waals surface area (Å²) in [6.07, 6.45) is -5.41. The number of amides is 2. The van der Waals surface area contributed by atoms with E-state index in [9.17, 15) is 27.9 Å². The van der Waals surface area contributed by atoms with Gasteiger partial charge >= 0.3 is 6.18 Å². The zero-order valence-corrected chi connectivity index (χ0v) is 14.5. The first-order valence-corrected chi connectivity index (χ1v) is 8.31. The lowest BCUT2D eigenvalue weighted by Crippen LogP contribution is -2.51. The SMILES string of the molecule is NC(=O)CC1CN(CC#Cc2cccc(C(F)(F)F)c2)CCCN1C(=O)[O-]. The molecule has 2 N–H and O–H groups in total. The lowest BCUT2D eigenvalue weighted by molar-refractivity contribution is -0.267. The molecule has 0 spiro atoms. The Labute approximate surface area is 154 Å². The van der Waals surface area contributed by atoms with Gasteiger partial charge in [-0.25, -0.2) is 0 Å². The molecule has 6 nitrogen and oxygen atoms in total. The number of nitrogens with zero attached hydrogens (tertiary/aromatic N) is 2. The third-order valence-corrected chi connectivity index (χ3v) is 4.18. The molecule has 0 saturated carbocycles. The highest BCUT2D eigenvalue weighted by Crippen LogP contribution is 2.29. The van der Waals surface area contributed by atoms with Crippen molar-refractivity contribution in [2.24, 2.45) is 5.73 Å². The molecule has 1 heterocycles. The number of nitrogens with two attached hydrogens (primary N) is 1. The van der Waals surface area contributed by atoms with Crippen molar-refractivity contribution < 1.29 is 27.9 Å². The van der Waals surface area contributed by atoms with Crippen LogP contribution in [0.5, 0.6) is 0 Å². The molecule has 1 atom stereocenters. The van der Waals surface area contributed by atoms with Crippen LogP contribution in [-0.2, 0) is 11.0 Å². The van der Waals surface area contributed by atoms with Crippen molar-refractivity contribution in [2.75, 3.05) is 26.2 Å². The monoisotopic (exact) mass is 382 g/mol. The largest absolute Gasteiger partial charge is 0.530 e. The fourth-order valence-electron chi connectivity index (χ4n) is 2.95. The Kier molecular flexibility index (Phi) is 6.69. The lowest BCUT2D eigenvalue weighted by atomic mass is 10.1. The van der Waals surface area contributed by atoms with E-state index < -0.39 is 29.8 Å². The van der Waals surface area contributed by atoms with E-state index in [1.165, 1.54) is 12.1 Å². The zero-order valence-electron chi connectivity index (χ0n) is 14.5. The first-order chi connectivity index (χ1) is 12.7. The molecule has 1 aliphatic rings.